The largest absolute Gasteiger partial charge is 0.449 e. The van der Waals surface area contributed by atoms with Crippen LogP contribution >= 0.6 is 0 Å². The fraction of sp³-hybridized carbons (Fsp3) is 0.200. The van der Waals surface area contributed by atoms with Crippen LogP contribution in [0.1, 0.15) is 23.0 Å². The van der Waals surface area contributed by atoms with E-state index in [-0.39, 0.29) is 0 Å². The maximum Gasteiger partial charge on any atom is 0.340 e. The first-order valence-electron chi connectivity index (χ1n) is 6.42. The quantitative estimate of drug-likeness (QED) is 0.868. The van der Waals surface area contributed by atoms with Gasteiger partial charge in [-0.05, 0) is 38.1 Å². The number of nitrogens with zero attached hydrogens (tertiary/aromatic N) is 2. The minimum absolute atomic E-state index is 0.297. The molecule has 0 aromatic carbocycles. The molecule has 2 heterocycles. The third kappa shape index (κ3) is 4.10. The monoisotopic (exact) mass is 285 g/mol. The van der Waals surface area contributed by atoms with E-state index in [1.807, 2.05) is 13.0 Å². The third-order valence-corrected chi connectivity index (χ3v) is 2.69. The topological polar surface area (TPSA) is 81.2 Å². The summed E-state index contributed by atoms with van der Waals surface area (Å²) < 4.78 is 5.08. The molecule has 2 aromatic heterocycles. The van der Waals surface area contributed by atoms with Crippen LogP contribution in [0.2, 0.25) is 0 Å². The summed E-state index contributed by atoms with van der Waals surface area (Å²) >= 11 is 0. The van der Waals surface area contributed by atoms with Crippen LogP contribution in [0.4, 0.5) is 5.82 Å². The standard InChI is InChI=1S/C15H15N3O3/c1-10-5-3-7-13(17-10)18-14(19)11(2)21-15(20)12-6-4-8-16-9-12/h3-9,11H,1-2H3,(H,17,18,19). The van der Waals surface area contributed by atoms with Gasteiger partial charge < -0.3 is 10.1 Å². The van der Waals surface area contributed by atoms with Gasteiger partial charge in [0.1, 0.15) is 5.82 Å². The molecule has 21 heavy (non-hydrogen) atoms. The van der Waals surface area contributed by atoms with Crippen LogP contribution in [0.3, 0.4) is 0 Å². The van der Waals surface area contributed by atoms with Crippen LogP contribution in [-0.2, 0) is 9.53 Å². The lowest BCUT2D eigenvalue weighted by atomic mass is 10.3. The van der Waals surface area contributed by atoms with Crippen molar-refractivity contribution in [2.75, 3.05) is 5.32 Å². The van der Waals surface area contributed by atoms with Gasteiger partial charge in [-0.2, -0.15) is 0 Å². The van der Waals surface area contributed by atoms with Crippen molar-refractivity contribution in [3.05, 3.63) is 54.0 Å². The van der Waals surface area contributed by atoms with Gasteiger partial charge in [-0.1, -0.05) is 6.07 Å². The Balaban J connectivity index is 1.95. The molecule has 0 radical (unpaired) electrons. The van der Waals surface area contributed by atoms with E-state index in [0.717, 1.165) is 5.69 Å². The van der Waals surface area contributed by atoms with Crippen molar-refractivity contribution in [3.8, 4) is 0 Å². The number of carbonyl (C=O) groups excluding carboxylic acids is 2. The van der Waals surface area contributed by atoms with Crippen molar-refractivity contribution < 1.29 is 14.3 Å². The second-order valence-electron chi connectivity index (χ2n) is 4.44. The summed E-state index contributed by atoms with van der Waals surface area (Å²) in [7, 11) is 0. The number of carbonyl (C=O) groups is 2. The fourth-order valence-electron chi connectivity index (χ4n) is 1.61. The molecule has 1 N–H and O–H groups in total. The predicted octanol–water partition coefficient (Wildman–Crippen LogP) is 1.97. The summed E-state index contributed by atoms with van der Waals surface area (Å²) in [5, 5.41) is 2.60. The van der Waals surface area contributed by atoms with Gasteiger partial charge in [0.2, 0.25) is 0 Å². The second-order valence-corrected chi connectivity index (χ2v) is 4.44. The lowest BCUT2D eigenvalue weighted by Crippen LogP contribution is -2.30. The highest BCUT2D eigenvalue weighted by molar-refractivity contribution is 5.96. The average molecular weight is 285 g/mol. The SMILES string of the molecule is Cc1cccc(NC(=O)C(C)OC(=O)c2cccnc2)n1. The first-order chi connectivity index (χ1) is 10.1. The van der Waals surface area contributed by atoms with Gasteiger partial charge in [0.05, 0.1) is 5.56 Å². The zero-order valence-corrected chi connectivity index (χ0v) is 11.7. The van der Waals surface area contributed by atoms with E-state index in [2.05, 4.69) is 15.3 Å². The maximum absolute atomic E-state index is 11.9. The molecular weight excluding hydrogens is 270 g/mol. The van der Waals surface area contributed by atoms with E-state index in [1.165, 1.54) is 13.1 Å². The number of anilines is 1. The number of aryl methyl sites for hydroxylation is 1. The molecule has 1 amide bonds. The van der Waals surface area contributed by atoms with Crippen LogP contribution in [-0.4, -0.2) is 27.9 Å². The number of nitrogens with one attached hydrogen (secondary N) is 1. The fourth-order valence-corrected chi connectivity index (χ4v) is 1.61. The average Bonchev–Trinajstić information content (AvgIpc) is 2.48. The molecule has 0 spiro atoms. The van der Waals surface area contributed by atoms with Crippen molar-refractivity contribution >= 4 is 17.7 Å². The number of hydrogen-bond donors (Lipinski definition) is 1. The lowest BCUT2D eigenvalue weighted by molar-refractivity contribution is -0.123. The van der Waals surface area contributed by atoms with Gasteiger partial charge in [-0.15, -0.1) is 0 Å². The van der Waals surface area contributed by atoms with Crippen LogP contribution < -0.4 is 5.32 Å². The normalized spacial score (nSPS) is 11.5. The molecule has 0 bridgehead atoms. The zero-order valence-electron chi connectivity index (χ0n) is 11.7. The molecular formula is C15H15N3O3. The van der Waals surface area contributed by atoms with Crippen LogP contribution in [0.15, 0.2) is 42.7 Å². The van der Waals surface area contributed by atoms with Crippen molar-refractivity contribution in [1.29, 1.82) is 0 Å². The molecule has 2 rings (SSSR count). The summed E-state index contributed by atoms with van der Waals surface area (Å²) in [5.74, 6) is -0.613. The van der Waals surface area contributed by atoms with Crippen molar-refractivity contribution in [3.63, 3.8) is 0 Å². The summed E-state index contributed by atoms with van der Waals surface area (Å²) in [6, 6.07) is 8.46. The molecule has 6 heteroatoms. The Morgan fingerprint density at radius 1 is 1.24 bits per heavy atom. The summed E-state index contributed by atoms with van der Waals surface area (Å²) in [6.45, 7) is 3.32. The van der Waals surface area contributed by atoms with Gasteiger partial charge in [0.25, 0.3) is 5.91 Å². The number of amides is 1. The van der Waals surface area contributed by atoms with Gasteiger partial charge >= 0.3 is 5.97 Å². The number of aromatic nitrogens is 2. The highest BCUT2D eigenvalue weighted by atomic mass is 16.5. The van der Waals surface area contributed by atoms with E-state index in [0.29, 0.717) is 11.4 Å². The highest BCUT2D eigenvalue weighted by Gasteiger charge is 2.19. The first-order valence-corrected chi connectivity index (χ1v) is 6.42. The number of esters is 1. The Hall–Kier alpha value is -2.76. The van der Waals surface area contributed by atoms with Crippen LogP contribution in [0.5, 0.6) is 0 Å². The van der Waals surface area contributed by atoms with Crippen molar-refractivity contribution in [2.45, 2.75) is 20.0 Å². The zero-order chi connectivity index (χ0) is 15.2. The first kappa shape index (κ1) is 14.6. The van der Waals surface area contributed by atoms with Gasteiger partial charge in [-0.25, -0.2) is 9.78 Å². The van der Waals surface area contributed by atoms with Gasteiger partial charge in [0, 0.05) is 18.1 Å². The molecule has 1 unspecified atom stereocenters. The Kier molecular flexibility index (Phi) is 4.61. The second kappa shape index (κ2) is 6.60. The number of pyridine rings is 2. The minimum Gasteiger partial charge on any atom is -0.449 e. The van der Waals surface area contributed by atoms with Crippen molar-refractivity contribution in [2.24, 2.45) is 0 Å². The van der Waals surface area contributed by atoms with E-state index in [4.69, 9.17) is 4.74 Å². The molecule has 0 aliphatic rings. The van der Waals surface area contributed by atoms with Gasteiger partial charge in [-0.3, -0.25) is 9.78 Å². The summed E-state index contributed by atoms with van der Waals surface area (Å²) in [4.78, 5) is 31.7. The molecule has 1 atom stereocenters. The Morgan fingerprint density at radius 3 is 2.71 bits per heavy atom. The van der Waals surface area contributed by atoms with Crippen molar-refractivity contribution in [1.82, 2.24) is 9.97 Å². The summed E-state index contributed by atoms with van der Waals surface area (Å²) in [6.07, 6.45) is 2.01. The molecule has 6 nitrogen and oxygen atoms in total. The molecule has 0 saturated heterocycles. The Labute approximate surface area is 122 Å². The molecule has 108 valence electrons. The smallest absolute Gasteiger partial charge is 0.340 e. The predicted molar refractivity (Wildman–Crippen MR) is 76.7 cm³/mol. The van der Waals surface area contributed by atoms with Crippen LogP contribution in [0.25, 0.3) is 0 Å². The number of hydrogen-bond acceptors (Lipinski definition) is 5. The third-order valence-electron chi connectivity index (χ3n) is 2.69. The maximum atomic E-state index is 11.9. The molecule has 0 fully saturated rings. The molecule has 0 aliphatic carbocycles. The molecule has 2 aromatic rings. The van der Waals surface area contributed by atoms with Gasteiger partial charge in [0.15, 0.2) is 6.10 Å². The highest BCUT2D eigenvalue weighted by Crippen LogP contribution is 2.07. The van der Waals surface area contributed by atoms with E-state index in [9.17, 15) is 9.59 Å². The van der Waals surface area contributed by atoms with E-state index in [1.54, 1.807) is 30.5 Å². The minimum atomic E-state index is -0.931. The van der Waals surface area contributed by atoms with Crippen LogP contribution in [0, 0.1) is 6.92 Å². The lowest BCUT2D eigenvalue weighted by Gasteiger charge is -2.13. The number of rotatable bonds is 4. The van der Waals surface area contributed by atoms with E-state index >= 15 is 0 Å². The Bertz CT molecular complexity index is 644. The number of ether oxygens (including phenoxy) is 1. The molecule has 0 saturated carbocycles. The summed E-state index contributed by atoms with van der Waals surface area (Å²) in [5.41, 5.74) is 1.08. The molecule has 0 aliphatic heterocycles. The Morgan fingerprint density at radius 2 is 2.05 bits per heavy atom. The van der Waals surface area contributed by atoms with E-state index < -0.39 is 18.0 Å².